The minimum atomic E-state index is -0.761. The van der Waals surface area contributed by atoms with Gasteiger partial charge in [-0.25, -0.2) is 4.39 Å². The Morgan fingerprint density at radius 1 is 0.962 bits per heavy atom. The number of benzene rings is 2. The van der Waals surface area contributed by atoms with Crippen LogP contribution in [0, 0.1) is 5.82 Å². The molecule has 0 spiro atoms. The molecule has 2 aromatic rings. The van der Waals surface area contributed by atoms with Gasteiger partial charge in [0.1, 0.15) is 5.82 Å². The van der Waals surface area contributed by atoms with E-state index in [1.807, 2.05) is 4.90 Å². The van der Waals surface area contributed by atoms with Crippen LogP contribution in [0.4, 0.5) is 15.8 Å². The summed E-state index contributed by atoms with van der Waals surface area (Å²) in [6.45, 7) is 1.56. The van der Waals surface area contributed by atoms with E-state index in [2.05, 4.69) is 5.32 Å². The Balaban J connectivity index is 1.59. The van der Waals surface area contributed by atoms with Crippen LogP contribution in [0.25, 0.3) is 0 Å². The Morgan fingerprint density at radius 3 is 2.19 bits per heavy atom. The maximum Gasteiger partial charge on any atom is 0.313 e. The Kier molecular flexibility index (Phi) is 5.64. The number of nitrogens with zero attached hydrogens (tertiary/aromatic N) is 2. The van der Waals surface area contributed by atoms with Gasteiger partial charge in [-0.1, -0.05) is 35.3 Å². The van der Waals surface area contributed by atoms with Gasteiger partial charge in [0.05, 0.1) is 5.69 Å². The largest absolute Gasteiger partial charge is 0.366 e. The lowest BCUT2D eigenvalue weighted by Gasteiger charge is -2.35. The number of nitrogens with one attached hydrogen (secondary N) is 1. The number of piperazine rings is 1. The highest BCUT2D eigenvalue weighted by atomic mass is 35.5. The molecule has 136 valence electrons. The fourth-order valence-electron chi connectivity index (χ4n) is 2.81. The minimum Gasteiger partial charge on any atom is -0.366 e. The quantitative estimate of drug-likeness (QED) is 0.792. The van der Waals surface area contributed by atoms with E-state index in [1.165, 1.54) is 29.2 Å². The average Bonchev–Trinajstić information content (AvgIpc) is 2.61. The molecule has 0 aliphatic carbocycles. The van der Waals surface area contributed by atoms with Crippen LogP contribution in [-0.2, 0) is 9.59 Å². The van der Waals surface area contributed by atoms with E-state index in [0.29, 0.717) is 47.6 Å². The maximum atomic E-state index is 13.9. The molecule has 1 fully saturated rings. The Bertz CT molecular complexity index is 819. The van der Waals surface area contributed by atoms with Crippen molar-refractivity contribution in [2.45, 2.75) is 0 Å². The number of carbonyl (C=O) groups is 2. The molecule has 0 unspecified atom stereocenters. The lowest BCUT2D eigenvalue weighted by molar-refractivity contribution is -0.143. The van der Waals surface area contributed by atoms with Gasteiger partial charge in [-0.05, 0) is 30.3 Å². The van der Waals surface area contributed by atoms with Crippen molar-refractivity contribution in [3.05, 3.63) is 58.3 Å². The van der Waals surface area contributed by atoms with Crippen molar-refractivity contribution in [2.75, 3.05) is 36.4 Å². The van der Waals surface area contributed by atoms with Gasteiger partial charge in [-0.15, -0.1) is 0 Å². The first-order valence-corrected chi connectivity index (χ1v) is 8.75. The van der Waals surface area contributed by atoms with Gasteiger partial charge in [0.15, 0.2) is 0 Å². The molecule has 0 radical (unpaired) electrons. The number of amides is 2. The average molecular weight is 396 g/mol. The topological polar surface area (TPSA) is 52.7 Å². The molecule has 0 saturated carbocycles. The van der Waals surface area contributed by atoms with Crippen LogP contribution < -0.4 is 10.2 Å². The van der Waals surface area contributed by atoms with Gasteiger partial charge < -0.3 is 15.1 Å². The van der Waals surface area contributed by atoms with Crippen LogP contribution in [0.15, 0.2) is 42.5 Å². The summed E-state index contributed by atoms with van der Waals surface area (Å²) in [6.07, 6.45) is 0. The fourth-order valence-corrected chi connectivity index (χ4v) is 3.34. The molecular formula is C18H16Cl2FN3O2. The molecule has 26 heavy (non-hydrogen) atoms. The van der Waals surface area contributed by atoms with Gasteiger partial charge in [0.2, 0.25) is 0 Å². The van der Waals surface area contributed by atoms with Crippen LogP contribution in [-0.4, -0.2) is 42.9 Å². The predicted molar refractivity (Wildman–Crippen MR) is 100 cm³/mol. The molecule has 1 saturated heterocycles. The highest BCUT2D eigenvalue weighted by Crippen LogP contribution is 2.23. The molecule has 8 heteroatoms. The van der Waals surface area contributed by atoms with Crippen molar-refractivity contribution < 1.29 is 14.0 Å². The molecule has 0 atom stereocenters. The summed E-state index contributed by atoms with van der Waals surface area (Å²) in [7, 11) is 0. The summed E-state index contributed by atoms with van der Waals surface area (Å²) >= 11 is 11.8. The van der Waals surface area contributed by atoms with Gasteiger partial charge in [0.25, 0.3) is 0 Å². The zero-order valence-corrected chi connectivity index (χ0v) is 15.2. The first kappa shape index (κ1) is 18.5. The highest BCUT2D eigenvalue weighted by Gasteiger charge is 2.27. The summed E-state index contributed by atoms with van der Waals surface area (Å²) in [5.41, 5.74) is 0.850. The fraction of sp³-hybridized carbons (Fsp3) is 0.222. The number of halogens is 3. The third-order valence-corrected chi connectivity index (χ3v) is 4.51. The van der Waals surface area contributed by atoms with E-state index in [4.69, 9.17) is 23.2 Å². The second kappa shape index (κ2) is 7.93. The molecule has 2 amide bonds. The van der Waals surface area contributed by atoms with E-state index in [0.717, 1.165) is 0 Å². The van der Waals surface area contributed by atoms with E-state index in [9.17, 15) is 14.0 Å². The summed E-state index contributed by atoms with van der Waals surface area (Å²) in [4.78, 5) is 27.8. The van der Waals surface area contributed by atoms with Crippen molar-refractivity contribution in [3.8, 4) is 0 Å². The second-order valence-corrected chi connectivity index (χ2v) is 6.72. The molecule has 1 heterocycles. The number of hydrogen-bond donors (Lipinski definition) is 1. The van der Waals surface area contributed by atoms with Crippen molar-refractivity contribution in [3.63, 3.8) is 0 Å². The third kappa shape index (κ3) is 4.26. The molecule has 1 aliphatic rings. The van der Waals surface area contributed by atoms with Crippen LogP contribution >= 0.6 is 23.2 Å². The summed E-state index contributed by atoms with van der Waals surface area (Å²) in [5, 5.41) is 3.22. The van der Waals surface area contributed by atoms with Crippen molar-refractivity contribution >= 4 is 46.4 Å². The Labute approximate surface area is 160 Å². The third-order valence-electron chi connectivity index (χ3n) is 4.07. The van der Waals surface area contributed by atoms with Crippen LogP contribution in [0.1, 0.15) is 0 Å². The van der Waals surface area contributed by atoms with Gasteiger partial charge in [0, 0.05) is 41.9 Å². The lowest BCUT2D eigenvalue weighted by Crippen LogP contribution is -2.51. The van der Waals surface area contributed by atoms with Gasteiger partial charge >= 0.3 is 11.8 Å². The smallest absolute Gasteiger partial charge is 0.313 e. The number of carbonyl (C=O) groups excluding carboxylic acids is 2. The number of hydrogen-bond acceptors (Lipinski definition) is 3. The van der Waals surface area contributed by atoms with E-state index < -0.39 is 11.8 Å². The molecule has 1 aliphatic heterocycles. The van der Waals surface area contributed by atoms with Crippen LogP contribution in [0.5, 0.6) is 0 Å². The van der Waals surface area contributed by atoms with Gasteiger partial charge in [-0.2, -0.15) is 0 Å². The van der Waals surface area contributed by atoms with E-state index >= 15 is 0 Å². The normalized spacial score (nSPS) is 14.3. The van der Waals surface area contributed by atoms with Crippen molar-refractivity contribution in [1.82, 2.24) is 4.90 Å². The van der Waals surface area contributed by atoms with Crippen molar-refractivity contribution in [1.29, 1.82) is 0 Å². The molecule has 3 rings (SSSR count). The van der Waals surface area contributed by atoms with E-state index in [-0.39, 0.29) is 5.82 Å². The SMILES string of the molecule is O=C(Nc1cc(Cl)cc(Cl)c1)C(=O)N1CCN(c2ccccc2F)CC1. The molecule has 0 aromatic heterocycles. The number of para-hydroxylation sites is 1. The lowest BCUT2D eigenvalue weighted by atomic mass is 10.2. The standard InChI is InChI=1S/C18H16Cl2FN3O2/c19-12-9-13(20)11-14(10-12)22-17(25)18(26)24-7-5-23(6-8-24)16-4-2-1-3-15(16)21/h1-4,9-11H,5-8H2,(H,22,25). The Hall–Kier alpha value is -2.31. The summed E-state index contributed by atoms with van der Waals surface area (Å²) in [5.74, 6) is -1.71. The molecule has 5 nitrogen and oxygen atoms in total. The molecule has 1 N–H and O–H groups in total. The first-order chi connectivity index (χ1) is 12.4. The van der Waals surface area contributed by atoms with Crippen molar-refractivity contribution in [2.24, 2.45) is 0 Å². The minimum absolute atomic E-state index is 0.303. The zero-order chi connectivity index (χ0) is 18.7. The molecular weight excluding hydrogens is 380 g/mol. The Morgan fingerprint density at radius 2 is 1.58 bits per heavy atom. The van der Waals surface area contributed by atoms with E-state index in [1.54, 1.807) is 18.2 Å². The highest BCUT2D eigenvalue weighted by molar-refractivity contribution is 6.40. The number of anilines is 2. The van der Waals surface area contributed by atoms with Gasteiger partial charge in [-0.3, -0.25) is 9.59 Å². The van der Waals surface area contributed by atoms with Crippen LogP contribution in [0.2, 0.25) is 10.0 Å². The first-order valence-electron chi connectivity index (χ1n) is 8.00. The number of rotatable bonds is 2. The summed E-state index contributed by atoms with van der Waals surface area (Å²) in [6, 6.07) is 11.0. The molecule has 0 bridgehead atoms. The maximum absolute atomic E-state index is 13.9. The second-order valence-electron chi connectivity index (χ2n) is 5.84. The zero-order valence-electron chi connectivity index (χ0n) is 13.7. The molecule has 2 aromatic carbocycles. The van der Waals surface area contributed by atoms with Crippen LogP contribution in [0.3, 0.4) is 0 Å². The summed E-state index contributed by atoms with van der Waals surface area (Å²) < 4.78 is 13.9. The predicted octanol–water partition coefficient (Wildman–Crippen LogP) is 3.42. The monoisotopic (exact) mass is 395 g/mol.